The van der Waals surface area contributed by atoms with Crippen LogP contribution in [0.1, 0.15) is 92.2 Å². The van der Waals surface area contributed by atoms with Crippen LogP contribution in [0.15, 0.2) is 48.5 Å². The van der Waals surface area contributed by atoms with E-state index in [0.717, 1.165) is 49.2 Å². The van der Waals surface area contributed by atoms with Gasteiger partial charge in [0.05, 0.1) is 23.6 Å². The van der Waals surface area contributed by atoms with Gasteiger partial charge in [-0.2, -0.15) is 0 Å². The largest absolute Gasteiger partial charge is 0.493 e. The molecule has 0 heterocycles. The highest BCUT2D eigenvalue weighted by atomic mass is 16.5. The van der Waals surface area contributed by atoms with Gasteiger partial charge in [-0.1, -0.05) is 56.4 Å². The topological polar surface area (TPSA) is 75.6 Å². The van der Waals surface area contributed by atoms with Crippen molar-refractivity contribution in [2.45, 2.75) is 76.2 Å². The number of carboxylic acids is 1. The van der Waals surface area contributed by atoms with Gasteiger partial charge in [-0.25, -0.2) is 4.79 Å². The van der Waals surface area contributed by atoms with Crippen molar-refractivity contribution in [1.82, 2.24) is 5.32 Å². The molecule has 1 amide bonds. The van der Waals surface area contributed by atoms with Gasteiger partial charge in [0.15, 0.2) is 0 Å². The van der Waals surface area contributed by atoms with E-state index in [2.05, 4.69) is 17.4 Å². The first-order valence-corrected chi connectivity index (χ1v) is 12.4. The van der Waals surface area contributed by atoms with Crippen molar-refractivity contribution in [2.75, 3.05) is 6.61 Å². The molecule has 5 nitrogen and oxygen atoms in total. The summed E-state index contributed by atoms with van der Waals surface area (Å²) in [7, 11) is 0. The van der Waals surface area contributed by atoms with Crippen molar-refractivity contribution < 1.29 is 19.4 Å². The summed E-state index contributed by atoms with van der Waals surface area (Å²) in [6, 6.07) is 14.6. The number of carbonyl (C=O) groups excluding carboxylic acids is 1. The van der Waals surface area contributed by atoms with Crippen LogP contribution in [-0.4, -0.2) is 23.6 Å². The Labute approximate surface area is 196 Å². The number of rotatable bonds is 8. The summed E-state index contributed by atoms with van der Waals surface area (Å²) >= 11 is 0. The van der Waals surface area contributed by atoms with Crippen LogP contribution in [0.3, 0.4) is 0 Å². The van der Waals surface area contributed by atoms with Gasteiger partial charge in [-0.05, 0) is 73.9 Å². The maximum Gasteiger partial charge on any atom is 0.335 e. The fourth-order valence-corrected chi connectivity index (χ4v) is 5.41. The van der Waals surface area contributed by atoms with Gasteiger partial charge in [0.25, 0.3) is 0 Å². The first kappa shape index (κ1) is 23.3. The van der Waals surface area contributed by atoms with Crippen LogP contribution in [0.5, 0.6) is 5.75 Å². The molecule has 176 valence electrons. The number of carbonyl (C=O) groups is 2. The monoisotopic (exact) mass is 449 g/mol. The Morgan fingerprint density at radius 2 is 1.73 bits per heavy atom. The molecule has 33 heavy (non-hydrogen) atoms. The van der Waals surface area contributed by atoms with Gasteiger partial charge in [0.1, 0.15) is 5.75 Å². The summed E-state index contributed by atoms with van der Waals surface area (Å²) < 4.78 is 6.17. The van der Waals surface area contributed by atoms with Crippen molar-refractivity contribution in [3.8, 4) is 5.75 Å². The lowest BCUT2D eigenvalue weighted by molar-refractivity contribution is -0.127. The number of hydrogen-bond donors (Lipinski definition) is 2. The zero-order chi connectivity index (χ0) is 23.3. The minimum atomic E-state index is -0.950. The minimum Gasteiger partial charge on any atom is -0.493 e. The Bertz CT molecular complexity index is 956. The van der Waals surface area contributed by atoms with E-state index in [9.17, 15) is 9.59 Å². The molecule has 5 heteroatoms. The molecule has 2 aliphatic carbocycles. The summed E-state index contributed by atoms with van der Waals surface area (Å²) in [5.74, 6) is 0.585. The molecule has 0 unspecified atom stereocenters. The van der Waals surface area contributed by atoms with E-state index in [-0.39, 0.29) is 17.5 Å². The molecule has 2 saturated carbocycles. The first-order valence-electron chi connectivity index (χ1n) is 12.4. The third kappa shape index (κ3) is 5.40. The van der Waals surface area contributed by atoms with Gasteiger partial charge in [0, 0.05) is 0 Å². The summed E-state index contributed by atoms with van der Waals surface area (Å²) in [5.41, 5.74) is 1.63. The third-order valence-corrected chi connectivity index (χ3v) is 7.49. The Morgan fingerprint density at radius 1 is 1.03 bits per heavy atom. The molecule has 2 aromatic rings. The van der Waals surface area contributed by atoms with Crippen LogP contribution >= 0.6 is 0 Å². The van der Waals surface area contributed by atoms with E-state index in [1.165, 1.54) is 32.1 Å². The van der Waals surface area contributed by atoms with Crippen molar-refractivity contribution in [3.05, 3.63) is 65.2 Å². The molecule has 0 spiro atoms. The van der Waals surface area contributed by atoms with E-state index in [4.69, 9.17) is 9.84 Å². The van der Waals surface area contributed by atoms with Crippen molar-refractivity contribution in [3.63, 3.8) is 0 Å². The maximum atomic E-state index is 13.6. The Morgan fingerprint density at radius 3 is 2.39 bits per heavy atom. The number of amides is 1. The average Bonchev–Trinajstić information content (AvgIpc) is 3.35. The normalized spacial score (nSPS) is 19.1. The number of ether oxygens (including phenoxy) is 1. The zero-order valence-corrected chi connectivity index (χ0v) is 19.5. The van der Waals surface area contributed by atoms with E-state index in [0.29, 0.717) is 5.92 Å². The summed E-state index contributed by atoms with van der Waals surface area (Å²) in [5, 5.41) is 12.3. The predicted molar refractivity (Wildman–Crippen MR) is 129 cm³/mol. The van der Waals surface area contributed by atoms with E-state index < -0.39 is 11.4 Å². The molecular formula is C28H35NO4. The number of benzene rings is 2. The molecule has 2 fully saturated rings. The van der Waals surface area contributed by atoms with Crippen LogP contribution in [0.25, 0.3) is 0 Å². The number of aromatic carboxylic acids is 1. The van der Waals surface area contributed by atoms with Crippen LogP contribution < -0.4 is 10.1 Å². The molecule has 0 radical (unpaired) electrons. The molecule has 0 aliphatic heterocycles. The molecule has 4 rings (SSSR count). The molecule has 1 atom stereocenters. The Hall–Kier alpha value is -2.82. The maximum absolute atomic E-state index is 13.6. The second-order valence-electron chi connectivity index (χ2n) is 9.75. The minimum absolute atomic E-state index is 0.0410. The van der Waals surface area contributed by atoms with Gasteiger partial charge in [-0.15, -0.1) is 0 Å². The zero-order valence-electron chi connectivity index (χ0n) is 19.5. The SMILES string of the molecule is C[C@H](NC(=O)C1(c2cccc(OCC3CCCCC3)c2)CCCC1)c1ccc(C(=O)O)cc1. The van der Waals surface area contributed by atoms with Crippen LogP contribution in [-0.2, 0) is 10.2 Å². The van der Waals surface area contributed by atoms with Crippen molar-refractivity contribution in [1.29, 1.82) is 0 Å². The molecule has 2 aromatic carbocycles. The molecule has 0 saturated heterocycles. The molecule has 2 aliphatic rings. The van der Waals surface area contributed by atoms with Gasteiger partial charge >= 0.3 is 5.97 Å². The lowest BCUT2D eigenvalue weighted by Gasteiger charge is -2.30. The van der Waals surface area contributed by atoms with Crippen LogP contribution in [0, 0.1) is 5.92 Å². The quantitative estimate of drug-likeness (QED) is 0.516. The lowest BCUT2D eigenvalue weighted by Crippen LogP contribution is -2.43. The first-order chi connectivity index (χ1) is 16.0. The van der Waals surface area contributed by atoms with Crippen LogP contribution in [0.4, 0.5) is 0 Å². The predicted octanol–water partition coefficient (Wildman–Crippen LogP) is 6.03. The molecule has 0 aromatic heterocycles. The van der Waals surface area contributed by atoms with E-state index in [1.54, 1.807) is 24.3 Å². The summed E-state index contributed by atoms with van der Waals surface area (Å²) in [4.78, 5) is 24.7. The Kier molecular flexibility index (Phi) is 7.36. The van der Waals surface area contributed by atoms with E-state index >= 15 is 0 Å². The number of nitrogens with one attached hydrogen (secondary N) is 1. The highest BCUT2D eigenvalue weighted by Gasteiger charge is 2.43. The highest BCUT2D eigenvalue weighted by Crippen LogP contribution is 2.43. The summed E-state index contributed by atoms with van der Waals surface area (Å²) in [6.07, 6.45) is 10.2. The summed E-state index contributed by atoms with van der Waals surface area (Å²) in [6.45, 7) is 2.70. The fourth-order valence-electron chi connectivity index (χ4n) is 5.41. The second kappa shape index (κ2) is 10.4. The van der Waals surface area contributed by atoms with Crippen molar-refractivity contribution >= 4 is 11.9 Å². The third-order valence-electron chi connectivity index (χ3n) is 7.49. The molecule has 2 N–H and O–H groups in total. The smallest absolute Gasteiger partial charge is 0.335 e. The standard InChI is InChI=1S/C28H35NO4/c1-20(22-12-14-23(15-13-22)26(30)31)29-27(32)28(16-5-6-17-28)24-10-7-11-25(18-24)33-19-21-8-3-2-4-9-21/h7,10-15,18,20-21H,2-6,8-9,16-17,19H2,1H3,(H,29,32)(H,30,31)/t20-/m0/s1. The fraction of sp³-hybridized carbons (Fsp3) is 0.500. The van der Waals surface area contributed by atoms with Gasteiger partial charge in [-0.3, -0.25) is 4.79 Å². The molecular weight excluding hydrogens is 414 g/mol. The van der Waals surface area contributed by atoms with Gasteiger partial charge in [0.2, 0.25) is 5.91 Å². The van der Waals surface area contributed by atoms with Crippen LogP contribution in [0.2, 0.25) is 0 Å². The molecule has 0 bridgehead atoms. The number of hydrogen-bond acceptors (Lipinski definition) is 3. The average molecular weight is 450 g/mol. The van der Waals surface area contributed by atoms with E-state index in [1.807, 2.05) is 19.1 Å². The lowest BCUT2D eigenvalue weighted by atomic mass is 9.77. The van der Waals surface area contributed by atoms with Gasteiger partial charge < -0.3 is 15.2 Å². The Balaban J connectivity index is 1.47. The second-order valence-corrected chi connectivity index (χ2v) is 9.75. The highest BCUT2D eigenvalue weighted by molar-refractivity contribution is 5.89. The van der Waals surface area contributed by atoms with Crippen molar-refractivity contribution in [2.24, 2.45) is 5.92 Å². The number of carboxylic acid groups (broad SMARTS) is 1.